The topological polar surface area (TPSA) is 47.4 Å². The Bertz CT molecular complexity index is 1190. The maximum atomic E-state index is 12.3. The molecule has 1 aliphatic rings. The number of amides is 1. The highest BCUT2D eigenvalue weighted by molar-refractivity contribution is 6.35. The molecule has 3 aromatic rings. The van der Waals surface area contributed by atoms with Gasteiger partial charge >= 0.3 is 6.09 Å². The molecule has 0 fully saturated rings. The van der Waals surface area contributed by atoms with Crippen LogP contribution in [0.1, 0.15) is 51.3 Å². The fraction of sp³-hybridized carbons (Fsp3) is 0.360. The molecule has 0 saturated heterocycles. The lowest BCUT2D eigenvalue weighted by Gasteiger charge is -2.29. The number of carbonyl (C=O) groups excluding carboxylic acids is 1. The largest absolute Gasteiger partial charge is 0.444 e. The molecule has 0 spiro atoms. The second kappa shape index (κ2) is 8.80. The second-order valence-corrected chi connectivity index (χ2v) is 9.95. The molecule has 0 saturated carbocycles. The summed E-state index contributed by atoms with van der Waals surface area (Å²) in [5.74, 6) is 0. The highest BCUT2D eigenvalue weighted by Crippen LogP contribution is 2.32. The van der Waals surface area contributed by atoms with Gasteiger partial charge in [-0.1, -0.05) is 41.4 Å². The molecule has 1 amide bonds. The van der Waals surface area contributed by atoms with E-state index in [9.17, 15) is 4.79 Å². The summed E-state index contributed by atoms with van der Waals surface area (Å²) in [5, 5.41) is 1.26. The number of hydrogen-bond acceptors (Lipinski definition) is 3. The summed E-state index contributed by atoms with van der Waals surface area (Å²) in [5.41, 5.74) is 4.82. The summed E-state index contributed by atoms with van der Waals surface area (Å²) in [4.78, 5) is 18.7. The molecule has 1 aliphatic heterocycles. The quantitative estimate of drug-likeness (QED) is 0.413. The zero-order chi connectivity index (χ0) is 23.0. The van der Waals surface area contributed by atoms with Crippen LogP contribution in [-0.4, -0.2) is 39.2 Å². The summed E-state index contributed by atoms with van der Waals surface area (Å²) >= 11 is 12.5. The van der Waals surface area contributed by atoms with E-state index in [-0.39, 0.29) is 12.1 Å². The molecule has 1 atom stereocenters. The van der Waals surface area contributed by atoms with Gasteiger partial charge in [0, 0.05) is 23.1 Å². The molecular formula is C25H27Cl2N3O2. The molecule has 0 N–H and O–H groups in total. The monoisotopic (exact) mass is 471 g/mol. The van der Waals surface area contributed by atoms with E-state index in [0.717, 1.165) is 28.6 Å². The van der Waals surface area contributed by atoms with E-state index in [1.54, 1.807) is 11.0 Å². The third-order valence-electron chi connectivity index (χ3n) is 5.64. The fourth-order valence-electron chi connectivity index (χ4n) is 3.95. The Labute approximate surface area is 198 Å². The van der Waals surface area contributed by atoms with E-state index in [4.69, 9.17) is 27.9 Å². The van der Waals surface area contributed by atoms with Crippen molar-refractivity contribution in [1.82, 2.24) is 14.5 Å². The summed E-state index contributed by atoms with van der Waals surface area (Å²) in [6, 6.07) is 11.9. The van der Waals surface area contributed by atoms with E-state index in [0.29, 0.717) is 23.1 Å². The zero-order valence-electron chi connectivity index (χ0n) is 18.7. The molecule has 5 nitrogen and oxygen atoms in total. The van der Waals surface area contributed by atoms with Gasteiger partial charge in [-0.25, -0.2) is 9.78 Å². The molecule has 4 rings (SSSR count). The summed E-state index contributed by atoms with van der Waals surface area (Å²) in [6.07, 6.45) is 4.46. The van der Waals surface area contributed by atoms with Gasteiger partial charge in [-0.05, 0) is 75.1 Å². The van der Waals surface area contributed by atoms with Crippen LogP contribution in [0.4, 0.5) is 4.79 Å². The van der Waals surface area contributed by atoms with E-state index >= 15 is 0 Å². The van der Waals surface area contributed by atoms with E-state index in [2.05, 4.69) is 34.7 Å². The molecule has 0 bridgehead atoms. The summed E-state index contributed by atoms with van der Waals surface area (Å²) in [7, 11) is 0. The minimum absolute atomic E-state index is 0.00279. The predicted octanol–water partition coefficient (Wildman–Crippen LogP) is 6.98. The van der Waals surface area contributed by atoms with Crippen LogP contribution in [0.25, 0.3) is 16.6 Å². The van der Waals surface area contributed by atoms with Crippen LogP contribution in [0, 0.1) is 0 Å². The first-order chi connectivity index (χ1) is 15.1. The van der Waals surface area contributed by atoms with Gasteiger partial charge in [0.15, 0.2) is 0 Å². The molecule has 0 aliphatic carbocycles. The molecule has 32 heavy (non-hydrogen) atoms. The fourth-order valence-corrected chi connectivity index (χ4v) is 4.51. The number of imidazole rings is 1. The number of halogens is 2. The number of ether oxygens (including phenoxy) is 1. The third-order valence-corrected chi connectivity index (χ3v) is 6.20. The van der Waals surface area contributed by atoms with Crippen molar-refractivity contribution in [2.75, 3.05) is 13.1 Å². The van der Waals surface area contributed by atoms with Crippen molar-refractivity contribution in [2.24, 2.45) is 0 Å². The van der Waals surface area contributed by atoms with Crippen LogP contribution in [0.15, 0.2) is 48.8 Å². The van der Waals surface area contributed by atoms with Crippen molar-refractivity contribution in [3.63, 3.8) is 0 Å². The molecule has 168 valence electrons. The molecule has 2 aromatic carbocycles. The SMILES string of the molecule is C[C@H](c1ccc(Cl)cc1Cl)n1cnc2ccc(C3=CCN(C(=O)OC(C)(C)C)CC3)cc21. The lowest BCUT2D eigenvalue weighted by atomic mass is 9.99. The number of aromatic nitrogens is 2. The number of benzene rings is 2. The Kier molecular flexibility index (Phi) is 6.24. The number of hydrogen-bond donors (Lipinski definition) is 0. The van der Waals surface area contributed by atoms with Crippen molar-refractivity contribution < 1.29 is 9.53 Å². The zero-order valence-corrected chi connectivity index (χ0v) is 20.2. The lowest BCUT2D eigenvalue weighted by molar-refractivity contribution is 0.0270. The smallest absolute Gasteiger partial charge is 0.410 e. The Morgan fingerprint density at radius 2 is 1.94 bits per heavy atom. The summed E-state index contributed by atoms with van der Waals surface area (Å²) < 4.78 is 7.62. The molecule has 0 unspecified atom stereocenters. The third kappa shape index (κ3) is 4.79. The highest BCUT2D eigenvalue weighted by Gasteiger charge is 2.24. The molecule has 7 heteroatoms. The molecule has 1 aromatic heterocycles. The van der Waals surface area contributed by atoms with Gasteiger partial charge in [0.25, 0.3) is 0 Å². The van der Waals surface area contributed by atoms with Crippen LogP contribution in [-0.2, 0) is 4.74 Å². The van der Waals surface area contributed by atoms with Gasteiger partial charge in [-0.15, -0.1) is 0 Å². The maximum Gasteiger partial charge on any atom is 0.410 e. The number of fused-ring (bicyclic) bond motifs is 1. The number of carbonyl (C=O) groups is 1. The standard InChI is InChI=1S/C25H27Cl2N3O2/c1-16(20-7-6-19(26)14-21(20)27)30-15-28-22-8-5-18(13-23(22)30)17-9-11-29(12-10-17)24(31)32-25(2,3)4/h5-9,13-16H,10-12H2,1-4H3/t16-/m1/s1. The first-order valence-corrected chi connectivity index (χ1v) is 11.5. The second-order valence-electron chi connectivity index (χ2n) is 9.10. The Balaban J connectivity index is 1.59. The van der Waals surface area contributed by atoms with Crippen LogP contribution >= 0.6 is 23.2 Å². The highest BCUT2D eigenvalue weighted by atomic mass is 35.5. The number of nitrogens with zero attached hydrogens (tertiary/aromatic N) is 3. The molecule has 0 radical (unpaired) electrons. The van der Waals surface area contributed by atoms with Crippen molar-refractivity contribution in [3.05, 3.63) is 70.0 Å². The first-order valence-electron chi connectivity index (χ1n) is 10.7. The molecule has 2 heterocycles. The molecular weight excluding hydrogens is 445 g/mol. The van der Waals surface area contributed by atoms with Gasteiger partial charge in [0.1, 0.15) is 5.60 Å². The van der Waals surface area contributed by atoms with Crippen LogP contribution in [0.5, 0.6) is 0 Å². The maximum absolute atomic E-state index is 12.3. The van der Waals surface area contributed by atoms with Crippen molar-refractivity contribution in [3.8, 4) is 0 Å². The van der Waals surface area contributed by atoms with E-state index in [1.807, 2.05) is 45.3 Å². The minimum Gasteiger partial charge on any atom is -0.444 e. The van der Waals surface area contributed by atoms with Gasteiger partial charge in [0.05, 0.1) is 23.4 Å². The Morgan fingerprint density at radius 3 is 2.59 bits per heavy atom. The van der Waals surface area contributed by atoms with Crippen LogP contribution in [0.2, 0.25) is 10.0 Å². The Morgan fingerprint density at radius 1 is 1.16 bits per heavy atom. The van der Waals surface area contributed by atoms with Gasteiger partial charge in [0.2, 0.25) is 0 Å². The average Bonchev–Trinajstić information content (AvgIpc) is 3.15. The van der Waals surface area contributed by atoms with Crippen molar-refractivity contribution in [1.29, 1.82) is 0 Å². The number of rotatable bonds is 3. The minimum atomic E-state index is -0.492. The van der Waals surface area contributed by atoms with Crippen molar-refractivity contribution >= 4 is 45.9 Å². The van der Waals surface area contributed by atoms with E-state index < -0.39 is 5.60 Å². The predicted molar refractivity (Wildman–Crippen MR) is 130 cm³/mol. The van der Waals surface area contributed by atoms with Crippen LogP contribution < -0.4 is 0 Å². The summed E-state index contributed by atoms with van der Waals surface area (Å²) in [6.45, 7) is 8.92. The first kappa shape index (κ1) is 22.7. The van der Waals surface area contributed by atoms with E-state index in [1.165, 1.54) is 5.57 Å². The average molecular weight is 472 g/mol. The van der Waals surface area contributed by atoms with Crippen LogP contribution in [0.3, 0.4) is 0 Å². The Hall–Kier alpha value is -2.50. The van der Waals surface area contributed by atoms with Gasteiger partial charge in [-0.2, -0.15) is 0 Å². The van der Waals surface area contributed by atoms with Crippen molar-refractivity contribution in [2.45, 2.75) is 45.8 Å². The van der Waals surface area contributed by atoms with Gasteiger partial charge < -0.3 is 14.2 Å². The lowest BCUT2D eigenvalue weighted by Crippen LogP contribution is -2.39. The van der Waals surface area contributed by atoms with Gasteiger partial charge in [-0.3, -0.25) is 0 Å². The normalized spacial score (nSPS) is 15.6.